The minimum Gasteiger partial charge on any atom is -0.406 e. The maximum atomic E-state index is 12.3. The van der Waals surface area contributed by atoms with Crippen LogP contribution in [0.1, 0.15) is 23.6 Å². The monoisotopic (exact) mass is 339 g/mol. The number of benzene rings is 1. The Morgan fingerprint density at radius 2 is 1.96 bits per heavy atom. The average Bonchev–Trinajstić information content (AvgIpc) is 3.00. The highest BCUT2D eigenvalue weighted by Gasteiger charge is 2.47. The zero-order chi connectivity index (χ0) is 17.2. The lowest BCUT2D eigenvalue weighted by Gasteiger charge is -2.33. The van der Waals surface area contributed by atoms with E-state index in [1.807, 2.05) is 12.1 Å². The summed E-state index contributed by atoms with van der Waals surface area (Å²) in [5.41, 5.74) is 0.345. The van der Waals surface area contributed by atoms with Gasteiger partial charge >= 0.3 is 6.36 Å². The maximum absolute atomic E-state index is 12.3. The zero-order valence-corrected chi connectivity index (χ0v) is 12.7. The van der Waals surface area contributed by atoms with Crippen LogP contribution in [0.15, 0.2) is 48.7 Å². The molecule has 2 heterocycles. The second kappa shape index (κ2) is 6.41. The van der Waals surface area contributed by atoms with E-state index in [1.54, 1.807) is 12.3 Å². The van der Waals surface area contributed by atoms with Crippen molar-refractivity contribution in [2.75, 3.05) is 13.2 Å². The molecule has 0 spiro atoms. The minimum atomic E-state index is -4.74. The van der Waals surface area contributed by atoms with E-state index in [0.717, 1.165) is 5.69 Å². The van der Waals surface area contributed by atoms with Crippen molar-refractivity contribution in [3.05, 3.63) is 59.9 Å². The molecule has 1 fully saturated rings. The Kier molecular flexibility index (Phi) is 4.47. The van der Waals surface area contributed by atoms with Gasteiger partial charge in [0.25, 0.3) is 0 Å². The Hall–Kier alpha value is -2.12. The SMILES string of the molecule is OCC1(c2ccc(OC(F)(F)F)cc2)OCCC1c1ccccn1. The summed E-state index contributed by atoms with van der Waals surface area (Å²) in [5, 5.41) is 9.99. The molecule has 0 amide bonds. The molecule has 1 N–H and O–H groups in total. The first kappa shape index (κ1) is 16.7. The highest BCUT2D eigenvalue weighted by Crippen LogP contribution is 2.46. The molecule has 2 aromatic rings. The van der Waals surface area contributed by atoms with Gasteiger partial charge in [-0.25, -0.2) is 0 Å². The van der Waals surface area contributed by atoms with Gasteiger partial charge in [0.2, 0.25) is 0 Å². The van der Waals surface area contributed by atoms with Crippen LogP contribution in [0.3, 0.4) is 0 Å². The Morgan fingerprint density at radius 1 is 1.21 bits per heavy atom. The molecule has 2 atom stereocenters. The van der Waals surface area contributed by atoms with Crippen LogP contribution in [-0.2, 0) is 10.3 Å². The van der Waals surface area contributed by atoms with Gasteiger partial charge in [0.1, 0.15) is 11.4 Å². The molecule has 24 heavy (non-hydrogen) atoms. The van der Waals surface area contributed by atoms with Crippen LogP contribution in [0.25, 0.3) is 0 Å². The summed E-state index contributed by atoms with van der Waals surface area (Å²) in [6, 6.07) is 10.9. The number of aliphatic hydroxyl groups is 1. The van der Waals surface area contributed by atoms with Crippen LogP contribution < -0.4 is 4.74 Å². The van der Waals surface area contributed by atoms with Crippen molar-refractivity contribution in [1.29, 1.82) is 0 Å². The van der Waals surface area contributed by atoms with Gasteiger partial charge in [0.15, 0.2) is 0 Å². The van der Waals surface area contributed by atoms with E-state index in [4.69, 9.17) is 4.74 Å². The molecule has 0 saturated carbocycles. The van der Waals surface area contributed by atoms with Gasteiger partial charge in [-0.05, 0) is 36.2 Å². The van der Waals surface area contributed by atoms with E-state index in [1.165, 1.54) is 24.3 Å². The third-order valence-corrected chi connectivity index (χ3v) is 4.19. The number of rotatable bonds is 4. The second-order valence-corrected chi connectivity index (χ2v) is 5.56. The summed E-state index contributed by atoms with van der Waals surface area (Å²) in [4.78, 5) is 4.33. The molecule has 3 rings (SSSR count). The number of aromatic nitrogens is 1. The Labute approximate surface area is 136 Å². The molecule has 4 nitrogen and oxygen atoms in total. The van der Waals surface area contributed by atoms with Crippen molar-refractivity contribution >= 4 is 0 Å². The summed E-state index contributed by atoms with van der Waals surface area (Å²) in [6.07, 6.45) is -2.41. The van der Waals surface area contributed by atoms with E-state index in [-0.39, 0.29) is 18.3 Å². The number of hydrogen-bond donors (Lipinski definition) is 1. The molecule has 7 heteroatoms. The highest BCUT2D eigenvalue weighted by atomic mass is 19.4. The standard InChI is InChI=1S/C17H16F3NO3/c18-17(19,20)24-13-6-4-12(5-7-13)16(11-22)14(8-10-23-16)15-3-1-2-9-21-15/h1-7,9,14,22H,8,10-11H2. The number of pyridine rings is 1. The van der Waals surface area contributed by atoms with E-state index < -0.39 is 12.0 Å². The summed E-state index contributed by atoms with van der Waals surface area (Å²) < 4.78 is 46.5. The number of halogens is 3. The zero-order valence-electron chi connectivity index (χ0n) is 12.7. The van der Waals surface area contributed by atoms with Crippen molar-refractivity contribution in [3.63, 3.8) is 0 Å². The van der Waals surface area contributed by atoms with Crippen molar-refractivity contribution in [1.82, 2.24) is 4.98 Å². The average molecular weight is 339 g/mol. The van der Waals surface area contributed by atoms with E-state index in [9.17, 15) is 18.3 Å². The second-order valence-electron chi connectivity index (χ2n) is 5.56. The Morgan fingerprint density at radius 3 is 2.54 bits per heavy atom. The van der Waals surface area contributed by atoms with Gasteiger partial charge in [-0.15, -0.1) is 13.2 Å². The fraction of sp³-hybridized carbons (Fsp3) is 0.353. The fourth-order valence-corrected chi connectivity index (χ4v) is 3.13. The van der Waals surface area contributed by atoms with Gasteiger partial charge in [-0.2, -0.15) is 0 Å². The molecule has 0 bridgehead atoms. The summed E-state index contributed by atoms with van der Waals surface area (Å²) in [5.74, 6) is -0.496. The van der Waals surface area contributed by atoms with Gasteiger partial charge in [-0.3, -0.25) is 4.98 Å². The number of hydrogen-bond acceptors (Lipinski definition) is 4. The van der Waals surface area contributed by atoms with Crippen molar-refractivity contribution in [2.24, 2.45) is 0 Å². The van der Waals surface area contributed by atoms with Crippen LogP contribution in [0.5, 0.6) is 5.75 Å². The first-order chi connectivity index (χ1) is 11.4. The smallest absolute Gasteiger partial charge is 0.406 e. The van der Waals surface area contributed by atoms with Gasteiger partial charge in [0, 0.05) is 24.4 Å². The highest BCUT2D eigenvalue weighted by molar-refractivity contribution is 5.35. The van der Waals surface area contributed by atoms with Crippen LogP contribution in [0.2, 0.25) is 0 Å². The number of alkyl halides is 3. The predicted molar refractivity (Wildman–Crippen MR) is 79.4 cm³/mol. The lowest BCUT2D eigenvalue weighted by molar-refractivity contribution is -0.274. The third kappa shape index (κ3) is 3.22. The van der Waals surface area contributed by atoms with Gasteiger partial charge < -0.3 is 14.6 Å². The first-order valence-electron chi connectivity index (χ1n) is 7.47. The molecule has 1 saturated heterocycles. The number of ether oxygens (including phenoxy) is 2. The van der Waals surface area contributed by atoms with E-state index >= 15 is 0 Å². The molecule has 128 valence electrons. The van der Waals surface area contributed by atoms with Gasteiger partial charge in [-0.1, -0.05) is 18.2 Å². The first-order valence-corrected chi connectivity index (χ1v) is 7.47. The molecular weight excluding hydrogens is 323 g/mol. The van der Waals surface area contributed by atoms with E-state index in [2.05, 4.69) is 9.72 Å². The normalized spacial score (nSPS) is 24.1. The molecular formula is C17H16F3NO3. The topological polar surface area (TPSA) is 51.6 Å². The van der Waals surface area contributed by atoms with Crippen LogP contribution in [0.4, 0.5) is 13.2 Å². The van der Waals surface area contributed by atoms with E-state index in [0.29, 0.717) is 18.6 Å². The molecule has 0 aliphatic carbocycles. The van der Waals surface area contributed by atoms with Crippen LogP contribution in [-0.4, -0.2) is 29.7 Å². The quantitative estimate of drug-likeness (QED) is 0.928. The summed E-state index contributed by atoms with van der Waals surface area (Å²) in [6.45, 7) is 0.135. The van der Waals surface area contributed by atoms with Crippen molar-refractivity contribution in [2.45, 2.75) is 24.3 Å². The molecule has 0 radical (unpaired) electrons. The maximum Gasteiger partial charge on any atom is 0.573 e. The molecule has 2 unspecified atom stereocenters. The molecule has 1 aliphatic heterocycles. The van der Waals surface area contributed by atoms with Crippen molar-refractivity contribution in [3.8, 4) is 5.75 Å². The Bertz CT molecular complexity index is 676. The summed E-state index contributed by atoms with van der Waals surface area (Å²) in [7, 11) is 0. The van der Waals surface area contributed by atoms with Crippen LogP contribution >= 0.6 is 0 Å². The van der Waals surface area contributed by atoms with Crippen LogP contribution in [0, 0.1) is 0 Å². The molecule has 1 aromatic heterocycles. The minimum absolute atomic E-state index is 0.182. The largest absolute Gasteiger partial charge is 0.573 e. The number of nitrogens with zero attached hydrogens (tertiary/aromatic N) is 1. The molecule has 1 aromatic carbocycles. The van der Waals surface area contributed by atoms with Crippen molar-refractivity contribution < 1.29 is 27.8 Å². The molecule has 1 aliphatic rings. The van der Waals surface area contributed by atoms with Gasteiger partial charge in [0.05, 0.1) is 6.61 Å². The predicted octanol–water partition coefficient (Wildman–Crippen LogP) is 3.37. The Balaban J connectivity index is 1.92. The lowest BCUT2D eigenvalue weighted by atomic mass is 9.80. The lowest BCUT2D eigenvalue weighted by Crippen LogP contribution is -2.35. The third-order valence-electron chi connectivity index (χ3n) is 4.19. The summed E-state index contributed by atoms with van der Waals surface area (Å²) >= 11 is 0. The number of aliphatic hydroxyl groups excluding tert-OH is 1. The fourth-order valence-electron chi connectivity index (χ4n) is 3.13.